The minimum atomic E-state index is -1.07. The van der Waals surface area contributed by atoms with Gasteiger partial charge in [-0.25, -0.2) is 0 Å². The van der Waals surface area contributed by atoms with Crippen LogP contribution in [0.2, 0.25) is 0 Å². The molecule has 0 aliphatic carbocycles. The summed E-state index contributed by atoms with van der Waals surface area (Å²) in [4.78, 5) is 34.0. The van der Waals surface area contributed by atoms with Crippen molar-refractivity contribution in [2.75, 3.05) is 29.1 Å². The molecular weight excluding hydrogens is 348 g/mol. The van der Waals surface area contributed by atoms with Gasteiger partial charge in [0.1, 0.15) is 6.54 Å². The minimum absolute atomic E-state index is 0.00181. The molecule has 0 saturated carbocycles. The lowest BCUT2D eigenvalue weighted by Crippen LogP contribution is -2.30. The van der Waals surface area contributed by atoms with Crippen molar-refractivity contribution in [3.8, 4) is 0 Å². The molecule has 8 heteroatoms. The predicted molar refractivity (Wildman–Crippen MR) is 97.6 cm³/mol. The summed E-state index contributed by atoms with van der Waals surface area (Å²) in [7, 11) is 0. The topological polar surface area (TPSA) is 95.5 Å². The normalized spacial score (nSPS) is 17.1. The number of carbonyl (C=O) groups is 3. The first-order valence-corrected chi connectivity index (χ1v) is 9.80. The molecule has 130 valence electrons. The van der Waals surface area contributed by atoms with Crippen LogP contribution < -0.4 is 10.6 Å². The Morgan fingerprint density at radius 2 is 1.88 bits per heavy atom. The monoisotopic (exact) mass is 368 g/mol. The van der Waals surface area contributed by atoms with Gasteiger partial charge in [-0.05, 0) is 17.7 Å². The third-order valence-corrected chi connectivity index (χ3v) is 6.18. The number of nitrogens with one attached hydrogen (secondary N) is 2. The molecular formula is C16H20N2O4S2. The van der Waals surface area contributed by atoms with Crippen molar-refractivity contribution in [3.63, 3.8) is 0 Å². The molecule has 24 heavy (non-hydrogen) atoms. The van der Waals surface area contributed by atoms with Gasteiger partial charge < -0.3 is 15.7 Å². The number of hydrogen-bond donors (Lipinski definition) is 3. The number of thioether (sulfide) groups is 2. The lowest BCUT2D eigenvalue weighted by molar-refractivity contribution is -0.137. The second-order valence-corrected chi connectivity index (χ2v) is 7.92. The second kappa shape index (κ2) is 9.58. The standard InChI is InChI=1S/C16H20N2O4S2/c19-14(17-9-16(21)22)7-11-1-3-12(4-2-11)18-15(20)8-13-10-23-5-6-24-13/h1-4,13H,5-10H2,(H,17,19)(H,18,20)(H,21,22). The first-order chi connectivity index (χ1) is 11.5. The Bertz CT molecular complexity index is 586. The zero-order valence-electron chi connectivity index (χ0n) is 13.1. The summed E-state index contributed by atoms with van der Waals surface area (Å²) in [6.07, 6.45) is 0.620. The Labute approximate surface area is 149 Å². The summed E-state index contributed by atoms with van der Waals surface area (Å²) in [6, 6.07) is 7.00. The molecule has 3 N–H and O–H groups in total. The van der Waals surface area contributed by atoms with E-state index in [1.807, 2.05) is 23.5 Å². The summed E-state index contributed by atoms with van der Waals surface area (Å²) >= 11 is 3.74. The minimum Gasteiger partial charge on any atom is -0.480 e. The summed E-state index contributed by atoms with van der Waals surface area (Å²) in [5, 5.41) is 14.1. The molecule has 1 fully saturated rings. The fourth-order valence-corrected chi connectivity index (χ4v) is 4.88. The van der Waals surface area contributed by atoms with Crippen LogP contribution in [0, 0.1) is 0 Å². The molecule has 0 bridgehead atoms. The molecule has 1 saturated heterocycles. The van der Waals surface area contributed by atoms with Crippen LogP contribution >= 0.6 is 23.5 Å². The molecule has 1 atom stereocenters. The second-order valence-electron chi connectivity index (χ2n) is 5.36. The number of carboxylic acids is 1. The Hall–Kier alpha value is -1.67. The fraction of sp³-hybridized carbons (Fsp3) is 0.438. The molecule has 1 heterocycles. The summed E-state index contributed by atoms with van der Waals surface area (Å²) in [5.41, 5.74) is 1.46. The number of benzene rings is 1. The number of carbonyl (C=O) groups excluding carboxylic acids is 2. The van der Waals surface area contributed by atoms with E-state index in [9.17, 15) is 14.4 Å². The van der Waals surface area contributed by atoms with Crippen molar-refractivity contribution in [3.05, 3.63) is 29.8 Å². The Kier molecular flexibility index (Phi) is 7.45. The van der Waals surface area contributed by atoms with Crippen molar-refractivity contribution in [2.24, 2.45) is 0 Å². The summed E-state index contributed by atoms with van der Waals surface area (Å²) in [6.45, 7) is -0.384. The number of carboxylic acid groups (broad SMARTS) is 1. The highest BCUT2D eigenvalue weighted by Crippen LogP contribution is 2.26. The first kappa shape index (κ1) is 18.7. The number of rotatable bonds is 7. The van der Waals surface area contributed by atoms with E-state index in [-0.39, 0.29) is 24.8 Å². The number of aliphatic carboxylic acids is 1. The average molecular weight is 368 g/mol. The van der Waals surface area contributed by atoms with Gasteiger partial charge in [-0.2, -0.15) is 23.5 Å². The fourth-order valence-electron chi connectivity index (χ4n) is 2.20. The smallest absolute Gasteiger partial charge is 0.322 e. The van der Waals surface area contributed by atoms with Crippen LogP contribution in [0.4, 0.5) is 5.69 Å². The van der Waals surface area contributed by atoms with E-state index in [0.29, 0.717) is 17.4 Å². The van der Waals surface area contributed by atoms with Gasteiger partial charge in [-0.3, -0.25) is 14.4 Å². The van der Waals surface area contributed by atoms with E-state index in [1.165, 1.54) is 0 Å². The largest absolute Gasteiger partial charge is 0.480 e. The molecule has 1 aromatic carbocycles. The third kappa shape index (κ3) is 6.84. The van der Waals surface area contributed by atoms with Gasteiger partial charge in [0.25, 0.3) is 0 Å². The Morgan fingerprint density at radius 3 is 2.50 bits per heavy atom. The molecule has 0 radical (unpaired) electrons. The van der Waals surface area contributed by atoms with Crippen LogP contribution in [0.1, 0.15) is 12.0 Å². The number of amides is 2. The van der Waals surface area contributed by atoms with Crippen molar-refractivity contribution in [1.29, 1.82) is 0 Å². The van der Waals surface area contributed by atoms with Gasteiger partial charge in [0.15, 0.2) is 0 Å². The summed E-state index contributed by atoms with van der Waals surface area (Å²) in [5.74, 6) is 1.85. The van der Waals surface area contributed by atoms with Crippen LogP contribution in [0.3, 0.4) is 0 Å². The van der Waals surface area contributed by atoms with E-state index in [0.717, 1.165) is 22.8 Å². The zero-order chi connectivity index (χ0) is 17.4. The van der Waals surface area contributed by atoms with Crippen LogP contribution in [0.5, 0.6) is 0 Å². The van der Waals surface area contributed by atoms with Crippen molar-refractivity contribution in [1.82, 2.24) is 5.32 Å². The highest BCUT2D eigenvalue weighted by molar-refractivity contribution is 8.06. The Balaban J connectivity index is 1.77. The highest BCUT2D eigenvalue weighted by Gasteiger charge is 2.18. The van der Waals surface area contributed by atoms with E-state index in [4.69, 9.17) is 5.11 Å². The maximum absolute atomic E-state index is 12.0. The summed E-state index contributed by atoms with van der Waals surface area (Å²) < 4.78 is 0. The highest BCUT2D eigenvalue weighted by atomic mass is 32.2. The van der Waals surface area contributed by atoms with E-state index in [2.05, 4.69) is 10.6 Å². The van der Waals surface area contributed by atoms with Crippen LogP contribution in [-0.4, -0.2) is 51.9 Å². The molecule has 1 aliphatic heterocycles. The third-order valence-electron chi connectivity index (χ3n) is 3.34. The van der Waals surface area contributed by atoms with E-state index >= 15 is 0 Å². The maximum atomic E-state index is 12.0. The van der Waals surface area contributed by atoms with Gasteiger partial charge in [-0.15, -0.1) is 0 Å². The van der Waals surface area contributed by atoms with Crippen LogP contribution in [0.25, 0.3) is 0 Å². The molecule has 1 aromatic rings. The van der Waals surface area contributed by atoms with Crippen LogP contribution in [-0.2, 0) is 20.8 Å². The lowest BCUT2D eigenvalue weighted by atomic mass is 10.1. The van der Waals surface area contributed by atoms with Gasteiger partial charge in [0.2, 0.25) is 11.8 Å². The van der Waals surface area contributed by atoms with Gasteiger partial charge in [0, 0.05) is 34.6 Å². The lowest BCUT2D eigenvalue weighted by Gasteiger charge is -2.20. The molecule has 0 spiro atoms. The van der Waals surface area contributed by atoms with Crippen molar-refractivity contribution < 1.29 is 19.5 Å². The molecule has 0 aromatic heterocycles. The predicted octanol–water partition coefficient (Wildman–Crippen LogP) is 1.61. The quantitative estimate of drug-likeness (QED) is 0.677. The van der Waals surface area contributed by atoms with Gasteiger partial charge >= 0.3 is 5.97 Å². The van der Waals surface area contributed by atoms with Crippen LogP contribution in [0.15, 0.2) is 24.3 Å². The number of hydrogen-bond acceptors (Lipinski definition) is 5. The maximum Gasteiger partial charge on any atom is 0.322 e. The molecule has 2 amide bonds. The van der Waals surface area contributed by atoms with Gasteiger partial charge in [-0.1, -0.05) is 12.1 Å². The van der Waals surface area contributed by atoms with Crippen molar-refractivity contribution >= 4 is 47.0 Å². The molecule has 1 aliphatic rings. The Morgan fingerprint density at radius 1 is 1.12 bits per heavy atom. The average Bonchev–Trinajstić information content (AvgIpc) is 2.55. The molecule has 6 nitrogen and oxygen atoms in total. The van der Waals surface area contributed by atoms with E-state index < -0.39 is 5.97 Å². The molecule has 2 rings (SSSR count). The van der Waals surface area contributed by atoms with Gasteiger partial charge in [0.05, 0.1) is 6.42 Å². The zero-order valence-corrected chi connectivity index (χ0v) is 14.8. The van der Waals surface area contributed by atoms with E-state index in [1.54, 1.807) is 24.3 Å². The number of anilines is 1. The first-order valence-electron chi connectivity index (χ1n) is 7.59. The SMILES string of the molecule is O=C(O)CNC(=O)Cc1ccc(NC(=O)CC2CSCCS2)cc1. The van der Waals surface area contributed by atoms with Crippen molar-refractivity contribution in [2.45, 2.75) is 18.1 Å². The molecule has 1 unspecified atom stereocenters.